The van der Waals surface area contributed by atoms with E-state index >= 15 is 0 Å². The molecule has 0 unspecified atom stereocenters. The molecule has 152 valence electrons. The van der Waals surface area contributed by atoms with Gasteiger partial charge in [0, 0.05) is 10.9 Å². The number of rotatable bonds is 4. The molecule has 0 aliphatic rings. The second-order valence-electron chi connectivity index (χ2n) is 7.03. The maximum Gasteiger partial charge on any atom is 0.279 e. The van der Waals surface area contributed by atoms with Gasteiger partial charge in [0.1, 0.15) is 0 Å². The summed E-state index contributed by atoms with van der Waals surface area (Å²) in [5.74, 6) is 0.571. The number of hydrogen-bond acceptors (Lipinski definition) is 5. The van der Waals surface area contributed by atoms with Crippen molar-refractivity contribution in [3.63, 3.8) is 0 Å². The summed E-state index contributed by atoms with van der Waals surface area (Å²) in [6.45, 7) is 2.08. The van der Waals surface area contributed by atoms with Crippen molar-refractivity contribution in [1.29, 1.82) is 0 Å². The second kappa shape index (κ2) is 7.81. The maximum absolute atomic E-state index is 13.2. The van der Waals surface area contributed by atoms with Gasteiger partial charge in [0.2, 0.25) is 5.82 Å². The maximum atomic E-state index is 13.2. The molecule has 7 heteroatoms. The number of fused-ring (bicyclic) bond motifs is 1. The Bertz CT molecular complexity index is 1450. The standard InChI is InChI=1S/C24H17ClN4O2/c1-2-15-11-13-16(14-12-15)29-24(30)18-8-4-3-7-17(18)21(27-29)23-26-22(28-31-23)19-9-5-6-10-20(19)25/h3-14H,2H2,1H3. The third-order valence-electron chi connectivity index (χ3n) is 5.14. The molecule has 2 heterocycles. The number of benzene rings is 3. The largest absolute Gasteiger partial charge is 0.332 e. The quantitative estimate of drug-likeness (QED) is 0.387. The number of hydrogen-bond donors (Lipinski definition) is 0. The summed E-state index contributed by atoms with van der Waals surface area (Å²) < 4.78 is 6.91. The Morgan fingerprint density at radius 2 is 1.65 bits per heavy atom. The Balaban J connectivity index is 1.71. The van der Waals surface area contributed by atoms with Gasteiger partial charge < -0.3 is 4.52 Å². The lowest BCUT2D eigenvalue weighted by Gasteiger charge is -2.09. The predicted molar refractivity (Wildman–Crippen MR) is 120 cm³/mol. The van der Waals surface area contributed by atoms with Crippen molar-refractivity contribution in [3.8, 4) is 28.7 Å². The van der Waals surface area contributed by atoms with Crippen LogP contribution in [0.25, 0.3) is 39.4 Å². The van der Waals surface area contributed by atoms with Gasteiger partial charge in [-0.25, -0.2) is 0 Å². The topological polar surface area (TPSA) is 73.8 Å². The van der Waals surface area contributed by atoms with Gasteiger partial charge in [0.05, 0.1) is 16.1 Å². The molecular formula is C24H17ClN4O2. The minimum absolute atomic E-state index is 0.213. The van der Waals surface area contributed by atoms with Crippen LogP contribution in [0.1, 0.15) is 12.5 Å². The first-order valence-corrected chi connectivity index (χ1v) is 10.2. The molecule has 0 aliphatic carbocycles. The van der Waals surface area contributed by atoms with Crippen molar-refractivity contribution in [2.75, 3.05) is 0 Å². The molecule has 0 fully saturated rings. The zero-order valence-electron chi connectivity index (χ0n) is 16.6. The van der Waals surface area contributed by atoms with Gasteiger partial charge in [-0.2, -0.15) is 14.8 Å². The van der Waals surface area contributed by atoms with Crippen molar-refractivity contribution in [3.05, 3.63) is 93.7 Å². The van der Waals surface area contributed by atoms with Gasteiger partial charge in [-0.15, -0.1) is 0 Å². The molecule has 0 saturated heterocycles. The van der Waals surface area contributed by atoms with Crippen LogP contribution in [-0.4, -0.2) is 19.9 Å². The average Bonchev–Trinajstić information content (AvgIpc) is 3.30. The molecule has 0 N–H and O–H groups in total. The third-order valence-corrected chi connectivity index (χ3v) is 5.47. The van der Waals surface area contributed by atoms with Gasteiger partial charge in [-0.05, 0) is 42.3 Å². The first-order valence-electron chi connectivity index (χ1n) is 9.86. The highest BCUT2D eigenvalue weighted by atomic mass is 35.5. The van der Waals surface area contributed by atoms with Crippen molar-refractivity contribution < 1.29 is 4.52 Å². The molecule has 3 aromatic carbocycles. The Labute approximate surface area is 182 Å². The number of aromatic nitrogens is 4. The summed E-state index contributed by atoms with van der Waals surface area (Å²) in [5, 5.41) is 10.4. The first kappa shape index (κ1) is 19.2. The Hall–Kier alpha value is -3.77. The van der Waals surface area contributed by atoms with Crippen LogP contribution in [0, 0.1) is 0 Å². The van der Waals surface area contributed by atoms with Crippen LogP contribution >= 0.6 is 11.6 Å². The van der Waals surface area contributed by atoms with Crippen LogP contribution in [0.4, 0.5) is 0 Å². The lowest BCUT2D eigenvalue weighted by molar-refractivity contribution is 0.430. The highest BCUT2D eigenvalue weighted by Crippen LogP contribution is 2.29. The van der Waals surface area contributed by atoms with Gasteiger partial charge in [-0.3, -0.25) is 4.79 Å². The molecule has 0 radical (unpaired) electrons. The van der Waals surface area contributed by atoms with E-state index in [0.29, 0.717) is 38.6 Å². The zero-order chi connectivity index (χ0) is 21.4. The molecule has 6 nitrogen and oxygen atoms in total. The lowest BCUT2D eigenvalue weighted by atomic mass is 10.1. The van der Waals surface area contributed by atoms with Crippen molar-refractivity contribution in [1.82, 2.24) is 19.9 Å². The molecule has 0 bridgehead atoms. The second-order valence-corrected chi connectivity index (χ2v) is 7.44. The van der Waals surface area contributed by atoms with Gasteiger partial charge in [-0.1, -0.05) is 66.1 Å². The van der Waals surface area contributed by atoms with Crippen LogP contribution in [0.5, 0.6) is 0 Å². The number of nitrogens with zero attached hydrogens (tertiary/aromatic N) is 4. The van der Waals surface area contributed by atoms with E-state index in [0.717, 1.165) is 6.42 Å². The molecule has 5 rings (SSSR count). The summed E-state index contributed by atoms with van der Waals surface area (Å²) in [6, 6.07) is 22.3. The van der Waals surface area contributed by atoms with Crippen LogP contribution < -0.4 is 5.56 Å². The minimum Gasteiger partial charge on any atom is -0.332 e. The van der Waals surface area contributed by atoms with Crippen LogP contribution in [0.15, 0.2) is 82.1 Å². The lowest BCUT2D eigenvalue weighted by Crippen LogP contribution is -2.22. The zero-order valence-corrected chi connectivity index (χ0v) is 17.4. The molecule has 2 aromatic heterocycles. The van der Waals surface area contributed by atoms with Crippen molar-refractivity contribution in [2.45, 2.75) is 13.3 Å². The normalized spacial score (nSPS) is 11.2. The van der Waals surface area contributed by atoms with Crippen molar-refractivity contribution in [2.24, 2.45) is 0 Å². The summed E-state index contributed by atoms with van der Waals surface area (Å²) in [7, 11) is 0. The molecule has 0 amide bonds. The summed E-state index contributed by atoms with van der Waals surface area (Å²) >= 11 is 6.28. The predicted octanol–water partition coefficient (Wildman–Crippen LogP) is 5.32. The monoisotopic (exact) mass is 428 g/mol. The highest BCUT2D eigenvalue weighted by Gasteiger charge is 2.19. The molecule has 0 saturated carbocycles. The Morgan fingerprint density at radius 3 is 2.39 bits per heavy atom. The van der Waals surface area contributed by atoms with E-state index in [2.05, 4.69) is 22.2 Å². The SMILES string of the molecule is CCc1ccc(-n2nc(-c3nc(-c4ccccc4Cl)no3)c3ccccc3c2=O)cc1. The van der Waals surface area contributed by atoms with Gasteiger partial charge >= 0.3 is 0 Å². The van der Waals surface area contributed by atoms with E-state index in [1.54, 1.807) is 12.1 Å². The van der Waals surface area contributed by atoms with Crippen LogP contribution in [0.2, 0.25) is 5.02 Å². The van der Waals surface area contributed by atoms with Crippen LogP contribution in [0.3, 0.4) is 0 Å². The van der Waals surface area contributed by atoms with E-state index in [1.165, 1.54) is 10.2 Å². The number of aryl methyl sites for hydroxylation is 1. The fourth-order valence-electron chi connectivity index (χ4n) is 3.47. The summed E-state index contributed by atoms with van der Waals surface area (Å²) in [4.78, 5) is 17.7. The first-order chi connectivity index (χ1) is 15.2. The van der Waals surface area contributed by atoms with E-state index < -0.39 is 0 Å². The van der Waals surface area contributed by atoms with Crippen molar-refractivity contribution >= 4 is 22.4 Å². The summed E-state index contributed by atoms with van der Waals surface area (Å²) in [6.07, 6.45) is 0.915. The third kappa shape index (κ3) is 3.41. The molecule has 31 heavy (non-hydrogen) atoms. The van der Waals surface area contributed by atoms with Crippen LogP contribution in [-0.2, 0) is 6.42 Å². The highest BCUT2D eigenvalue weighted by molar-refractivity contribution is 6.33. The smallest absolute Gasteiger partial charge is 0.279 e. The van der Waals surface area contributed by atoms with Gasteiger partial charge in [0.15, 0.2) is 5.69 Å². The molecule has 0 spiro atoms. The summed E-state index contributed by atoms with van der Waals surface area (Å²) in [5.41, 5.74) is 2.72. The molecule has 0 atom stereocenters. The van der Waals surface area contributed by atoms with E-state index in [-0.39, 0.29) is 11.4 Å². The minimum atomic E-state index is -0.213. The fraction of sp³-hybridized carbons (Fsp3) is 0.0833. The molecule has 0 aliphatic heterocycles. The molecule has 5 aromatic rings. The Morgan fingerprint density at radius 1 is 0.935 bits per heavy atom. The Kier molecular flexibility index (Phi) is 4.84. The van der Waals surface area contributed by atoms with Gasteiger partial charge in [0.25, 0.3) is 11.4 Å². The van der Waals surface area contributed by atoms with E-state index in [1.807, 2.05) is 60.7 Å². The fourth-order valence-corrected chi connectivity index (χ4v) is 3.69. The average molecular weight is 429 g/mol. The number of halogens is 1. The molecular weight excluding hydrogens is 412 g/mol. The van der Waals surface area contributed by atoms with E-state index in [9.17, 15) is 4.79 Å². The van der Waals surface area contributed by atoms with E-state index in [4.69, 9.17) is 16.1 Å².